The maximum absolute atomic E-state index is 15.1. The van der Waals surface area contributed by atoms with Crippen molar-refractivity contribution in [1.29, 1.82) is 0 Å². The topological polar surface area (TPSA) is 71.4 Å². The summed E-state index contributed by atoms with van der Waals surface area (Å²) in [5.74, 6) is -0.426. The van der Waals surface area contributed by atoms with Gasteiger partial charge in [0.25, 0.3) is 0 Å². The number of aliphatic hydroxyl groups excluding tert-OH is 1. The normalized spacial score (nSPS) is 15.2. The Morgan fingerprint density at radius 2 is 1.88 bits per heavy atom. The number of aliphatic hydroxyl groups is 1. The third kappa shape index (κ3) is 4.10. The molecule has 170 valence electrons. The van der Waals surface area contributed by atoms with Crippen LogP contribution in [0.3, 0.4) is 0 Å². The molecule has 6 nitrogen and oxygen atoms in total. The molecule has 8 heteroatoms. The largest absolute Gasteiger partial charge is 0.381 e. The van der Waals surface area contributed by atoms with E-state index in [4.69, 9.17) is 4.74 Å². The van der Waals surface area contributed by atoms with Crippen molar-refractivity contribution in [3.05, 3.63) is 69.2 Å². The third-order valence-electron chi connectivity index (χ3n) is 6.13. The number of aryl methyl sites for hydroxylation is 3. The van der Waals surface area contributed by atoms with Gasteiger partial charge in [-0.3, -0.25) is 0 Å². The number of nitrogens with zero attached hydrogens (tertiary/aromatic N) is 4. The summed E-state index contributed by atoms with van der Waals surface area (Å²) in [7, 11) is 0. The number of hydrogen-bond acceptors (Lipinski definition) is 7. The van der Waals surface area contributed by atoms with Gasteiger partial charge in [-0.1, -0.05) is 0 Å². The van der Waals surface area contributed by atoms with Gasteiger partial charge in [-0.15, -0.1) is 11.3 Å². The summed E-state index contributed by atoms with van der Waals surface area (Å²) in [6.45, 7) is 8.65. The summed E-state index contributed by atoms with van der Waals surface area (Å²) < 4.78 is 20.5. The number of ether oxygens (including phenoxy) is 1. The molecule has 1 aliphatic heterocycles. The van der Waals surface area contributed by atoms with E-state index in [1.54, 1.807) is 19.1 Å². The van der Waals surface area contributed by atoms with Crippen molar-refractivity contribution in [3.8, 4) is 11.3 Å². The molecule has 1 aliphatic rings. The van der Waals surface area contributed by atoms with Crippen molar-refractivity contribution >= 4 is 27.9 Å². The average molecular weight is 465 g/mol. The van der Waals surface area contributed by atoms with E-state index in [1.807, 2.05) is 19.9 Å². The van der Waals surface area contributed by atoms with Crippen LogP contribution in [0.4, 0.5) is 10.1 Å². The predicted molar refractivity (Wildman–Crippen MR) is 128 cm³/mol. The highest BCUT2D eigenvalue weighted by Crippen LogP contribution is 2.35. The van der Waals surface area contributed by atoms with E-state index in [9.17, 15) is 5.11 Å². The first-order valence-corrected chi connectivity index (χ1v) is 11.7. The number of hydrogen-bond donors (Lipinski definition) is 1. The Bertz CT molecular complexity index is 1310. The van der Waals surface area contributed by atoms with Gasteiger partial charge in [0.1, 0.15) is 23.3 Å². The molecule has 33 heavy (non-hydrogen) atoms. The Morgan fingerprint density at radius 1 is 1.09 bits per heavy atom. The lowest BCUT2D eigenvalue weighted by Crippen LogP contribution is -2.36. The monoisotopic (exact) mass is 464 g/mol. The first-order chi connectivity index (χ1) is 15.9. The summed E-state index contributed by atoms with van der Waals surface area (Å²) in [5, 5.41) is 12.3. The number of benzene rings is 2. The second-order valence-corrected chi connectivity index (χ2v) is 9.55. The van der Waals surface area contributed by atoms with Gasteiger partial charge < -0.3 is 14.7 Å². The number of morpholine rings is 1. The Hall–Kier alpha value is -2.94. The highest BCUT2D eigenvalue weighted by molar-refractivity contribution is 7.11. The van der Waals surface area contributed by atoms with Gasteiger partial charge in [0.2, 0.25) is 0 Å². The van der Waals surface area contributed by atoms with Crippen molar-refractivity contribution < 1.29 is 14.2 Å². The maximum atomic E-state index is 15.1. The molecule has 5 rings (SSSR count). The summed E-state index contributed by atoms with van der Waals surface area (Å²) in [5.41, 5.74) is 4.85. The smallest absolute Gasteiger partial charge is 0.133 e. The summed E-state index contributed by atoms with van der Waals surface area (Å²) in [6, 6.07) is 9.57. The van der Waals surface area contributed by atoms with Gasteiger partial charge >= 0.3 is 0 Å². The third-order valence-corrected chi connectivity index (χ3v) is 7.25. The Balaban J connectivity index is 1.58. The van der Waals surface area contributed by atoms with Crippen LogP contribution in [-0.2, 0) is 4.74 Å². The van der Waals surface area contributed by atoms with Gasteiger partial charge in [0.05, 0.1) is 30.1 Å². The standard InChI is InChI=1S/C25H25FN4O2S/c1-14-10-17(11-20(22(14)26)24(31)25-29-15(2)16(3)33-25)23-19-5-4-18(12-21(19)27-13-28-23)30-6-8-32-9-7-30/h4-5,10-13,24,31H,6-9H2,1-3H3. The van der Waals surface area contributed by atoms with E-state index < -0.39 is 11.9 Å². The molecule has 0 aliphatic carbocycles. The van der Waals surface area contributed by atoms with E-state index in [1.165, 1.54) is 17.7 Å². The summed E-state index contributed by atoms with van der Waals surface area (Å²) in [6.07, 6.45) is 0.394. The molecule has 0 amide bonds. The highest BCUT2D eigenvalue weighted by atomic mass is 32.1. The van der Waals surface area contributed by atoms with Crippen LogP contribution >= 0.6 is 11.3 Å². The van der Waals surface area contributed by atoms with Crippen LogP contribution in [0, 0.1) is 26.6 Å². The molecule has 0 radical (unpaired) electrons. The van der Waals surface area contributed by atoms with E-state index in [0.717, 1.165) is 45.8 Å². The van der Waals surface area contributed by atoms with E-state index in [-0.39, 0.29) is 5.56 Å². The fraction of sp³-hybridized carbons (Fsp3) is 0.320. The average Bonchev–Trinajstić information content (AvgIpc) is 3.18. The zero-order chi connectivity index (χ0) is 23.1. The Kier molecular flexibility index (Phi) is 5.82. The van der Waals surface area contributed by atoms with Crippen molar-refractivity contribution in [3.63, 3.8) is 0 Å². The molecule has 3 heterocycles. The lowest BCUT2D eigenvalue weighted by Gasteiger charge is -2.29. The maximum Gasteiger partial charge on any atom is 0.133 e. The Morgan fingerprint density at radius 3 is 2.61 bits per heavy atom. The van der Waals surface area contributed by atoms with Crippen molar-refractivity contribution in [2.24, 2.45) is 0 Å². The zero-order valence-corrected chi connectivity index (χ0v) is 19.6. The number of halogens is 1. The van der Waals surface area contributed by atoms with Crippen LogP contribution in [0.1, 0.15) is 32.8 Å². The molecular formula is C25H25FN4O2S. The molecule has 1 unspecified atom stereocenters. The van der Waals surface area contributed by atoms with Crippen LogP contribution in [0.25, 0.3) is 22.2 Å². The highest BCUT2D eigenvalue weighted by Gasteiger charge is 2.23. The quantitative estimate of drug-likeness (QED) is 0.471. The van der Waals surface area contributed by atoms with Gasteiger partial charge in [0.15, 0.2) is 0 Å². The van der Waals surface area contributed by atoms with Crippen LogP contribution in [0.15, 0.2) is 36.7 Å². The molecule has 1 fully saturated rings. The van der Waals surface area contributed by atoms with Gasteiger partial charge in [-0.2, -0.15) is 0 Å². The second kappa shape index (κ2) is 8.78. The van der Waals surface area contributed by atoms with Gasteiger partial charge in [-0.25, -0.2) is 19.3 Å². The first-order valence-electron chi connectivity index (χ1n) is 10.9. The van der Waals surface area contributed by atoms with Crippen molar-refractivity contribution in [1.82, 2.24) is 15.0 Å². The molecule has 1 atom stereocenters. The number of fused-ring (bicyclic) bond motifs is 1. The van der Waals surface area contributed by atoms with Crippen LogP contribution in [0.2, 0.25) is 0 Å². The minimum absolute atomic E-state index is 0.204. The van der Waals surface area contributed by atoms with Gasteiger partial charge in [0, 0.05) is 40.2 Å². The second-order valence-electron chi connectivity index (χ2n) is 8.32. The molecule has 0 spiro atoms. The molecule has 2 aromatic carbocycles. The fourth-order valence-electron chi connectivity index (χ4n) is 4.17. The van der Waals surface area contributed by atoms with Crippen LogP contribution in [0.5, 0.6) is 0 Å². The molecule has 0 bridgehead atoms. The number of aromatic nitrogens is 3. The summed E-state index contributed by atoms with van der Waals surface area (Å²) >= 11 is 1.38. The molecule has 1 saturated heterocycles. The lowest BCUT2D eigenvalue weighted by molar-refractivity contribution is 0.122. The zero-order valence-electron chi connectivity index (χ0n) is 18.8. The van der Waals surface area contributed by atoms with Crippen LogP contribution < -0.4 is 4.90 Å². The predicted octanol–water partition coefficient (Wildman–Crippen LogP) is 4.74. The minimum Gasteiger partial charge on any atom is -0.381 e. The number of anilines is 1. The van der Waals surface area contributed by atoms with E-state index in [0.29, 0.717) is 29.5 Å². The number of thiazole rings is 1. The van der Waals surface area contributed by atoms with E-state index in [2.05, 4.69) is 32.0 Å². The molecule has 4 aromatic rings. The fourth-order valence-corrected chi connectivity index (χ4v) is 5.10. The Labute approximate surface area is 195 Å². The van der Waals surface area contributed by atoms with E-state index >= 15 is 4.39 Å². The lowest BCUT2D eigenvalue weighted by atomic mass is 9.98. The first kappa shape index (κ1) is 21.9. The van der Waals surface area contributed by atoms with Crippen LogP contribution in [-0.4, -0.2) is 46.4 Å². The molecular weight excluding hydrogens is 439 g/mol. The van der Waals surface area contributed by atoms with Crippen molar-refractivity contribution in [2.75, 3.05) is 31.2 Å². The molecule has 0 saturated carbocycles. The minimum atomic E-state index is -1.14. The number of rotatable bonds is 4. The molecule has 1 N–H and O–H groups in total. The summed E-state index contributed by atoms with van der Waals surface area (Å²) in [4.78, 5) is 16.7. The molecule has 2 aromatic heterocycles. The SMILES string of the molecule is Cc1cc(-c2ncnc3cc(N4CCOCC4)ccc23)cc(C(O)c2nc(C)c(C)s2)c1F. The van der Waals surface area contributed by atoms with Gasteiger partial charge in [-0.05, 0) is 56.7 Å². The van der Waals surface area contributed by atoms with Crippen molar-refractivity contribution in [2.45, 2.75) is 26.9 Å².